The summed E-state index contributed by atoms with van der Waals surface area (Å²) in [4.78, 5) is 27.0. The first kappa shape index (κ1) is 26.4. The first-order valence-corrected chi connectivity index (χ1v) is 14.5. The second-order valence-corrected chi connectivity index (χ2v) is 11.5. The van der Waals surface area contributed by atoms with E-state index in [1.165, 1.54) is 32.1 Å². The fourth-order valence-electron chi connectivity index (χ4n) is 6.17. The van der Waals surface area contributed by atoms with Gasteiger partial charge in [0.1, 0.15) is 11.9 Å². The number of hydrogen-bond acceptors (Lipinski definition) is 5. The van der Waals surface area contributed by atoms with Crippen LogP contribution in [0.3, 0.4) is 0 Å². The number of carbonyl (C=O) groups is 1. The first-order valence-electron chi connectivity index (χ1n) is 14.5. The van der Waals surface area contributed by atoms with Gasteiger partial charge in [-0.05, 0) is 87.8 Å². The molecule has 3 saturated carbocycles. The van der Waals surface area contributed by atoms with Crippen LogP contribution < -0.4 is 4.90 Å². The minimum absolute atomic E-state index is 0.221. The molecule has 0 unspecified atom stereocenters. The molecule has 1 aromatic rings. The predicted molar refractivity (Wildman–Crippen MR) is 154 cm³/mol. The number of aliphatic imine (C=N–C) groups is 1. The number of allylic oxidation sites excluding steroid dienone is 4. The van der Waals surface area contributed by atoms with E-state index in [0.29, 0.717) is 42.0 Å². The van der Waals surface area contributed by atoms with Crippen LogP contribution in [-0.4, -0.2) is 48.2 Å². The molecule has 6 heteroatoms. The lowest BCUT2D eigenvalue weighted by Crippen LogP contribution is -2.56. The van der Waals surface area contributed by atoms with E-state index < -0.39 is 0 Å². The molecular formula is C32H41N5O. The van der Waals surface area contributed by atoms with Crippen molar-refractivity contribution in [2.24, 2.45) is 16.8 Å². The zero-order valence-corrected chi connectivity index (χ0v) is 23.1. The van der Waals surface area contributed by atoms with Crippen LogP contribution in [-0.2, 0) is 4.79 Å². The van der Waals surface area contributed by atoms with E-state index in [2.05, 4.69) is 47.2 Å². The third kappa shape index (κ3) is 5.34. The monoisotopic (exact) mass is 511 g/mol. The van der Waals surface area contributed by atoms with Crippen molar-refractivity contribution in [3.8, 4) is 6.07 Å². The van der Waals surface area contributed by atoms with Crippen LogP contribution in [0.15, 0.2) is 35.5 Å². The molecule has 1 aromatic heterocycles. The molecule has 0 radical (unpaired) electrons. The molecule has 1 aliphatic heterocycles. The Morgan fingerprint density at radius 1 is 1.21 bits per heavy atom. The Morgan fingerprint density at radius 2 is 1.97 bits per heavy atom. The molecule has 2 heterocycles. The van der Waals surface area contributed by atoms with E-state index in [0.717, 1.165) is 66.5 Å². The van der Waals surface area contributed by atoms with Crippen molar-refractivity contribution >= 4 is 24.0 Å². The van der Waals surface area contributed by atoms with Gasteiger partial charge in [-0.25, -0.2) is 4.98 Å². The third-order valence-corrected chi connectivity index (χ3v) is 9.02. The Kier molecular flexibility index (Phi) is 7.83. The fraction of sp³-hybridized carbons (Fsp3) is 0.562. The molecular weight excluding hydrogens is 470 g/mol. The van der Waals surface area contributed by atoms with E-state index in [-0.39, 0.29) is 6.04 Å². The number of rotatable bonds is 10. The van der Waals surface area contributed by atoms with Gasteiger partial charge in [-0.3, -0.25) is 9.79 Å². The topological polar surface area (TPSA) is 72.6 Å². The van der Waals surface area contributed by atoms with E-state index >= 15 is 0 Å². The summed E-state index contributed by atoms with van der Waals surface area (Å²) in [5.74, 6) is 2.86. The quantitative estimate of drug-likeness (QED) is 0.272. The predicted octanol–water partition coefficient (Wildman–Crippen LogP) is 6.32. The summed E-state index contributed by atoms with van der Waals surface area (Å²) in [7, 11) is 0. The van der Waals surface area contributed by atoms with Crippen molar-refractivity contribution in [3.63, 3.8) is 0 Å². The van der Waals surface area contributed by atoms with Crippen molar-refractivity contribution < 1.29 is 4.79 Å². The number of carbonyl (C=O) groups excluding carboxylic acids is 1. The summed E-state index contributed by atoms with van der Waals surface area (Å²) in [5.41, 5.74) is 5.44. The molecule has 6 nitrogen and oxygen atoms in total. The summed E-state index contributed by atoms with van der Waals surface area (Å²) in [6.45, 7) is 13.8. The molecule has 3 aliphatic carbocycles. The van der Waals surface area contributed by atoms with Crippen LogP contribution in [0.4, 0.5) is 5.82 Å². The molecule has 200 valence electrons. The number of hydrogen-bond donors (Lipinski definition) is 0. The molecule has 0 N–H and O–H groups in total. The van der Waals surface area contributed by atoms with Crippen LogP contribution >= 0.6 is 0 Å². The average molecular weight is 512 g/mol. The Bertz CT molecular complexity index is 1200. The molecule has 1 amide bonds. The number of nitriles is 1. The normalized spacial score (nSPS) is 22.6. The molecule has 0 bridgehead atoms. The number of piperazine rings is 1. The second kappa shape index (κ2) is 11.3. The summed E-state index contributed by atoms with van der Waals surface area (Å²) >= 11 is 0. The maximum atomic E-state index is 13.3. The Balaban J connectivity index is 1.45. The lowest BCUT2D eigenvalue weighted by Gasteiger charge is -2.43. The smallest absolute Gasteiger partial charge is 0.222 e. The number of aromatic nitrogens is 1. The van der Waals surface area contributed by atoms with Crippen molar-refractivity contribution in [2.75, 3.05) is 24.5 Å². The molecule has 1 saturated heterocycles. The zero-order chi connectivity index (χ0) is 26.8. The van der Waals surface area contributed by atoms with Crippen LogP contribution in [0.1, 0.15) is 93.0 Å². The van der Waals surface area contributed by atoms with E-state index in [4.69, 9.17) is 4.98 Å². The molecule has 38 heavy (non-hydrogen) atoms. The number of anilines is 1. The summed E-state index contributed by atoms with van der Waals surface area (Å²) < 4.78 is 0. The van der Waals surface area contributed by atoms with E-state index in [1.807, 2.05) is 13.0 Å². The largest absolute Gasteiger partial charge is 0.352 e. The van der Waals surface area contributed by atoms with Gasteiger partial charge in [0.25, 0.3) is 0 Å². The van der Waals surface area contributed by atoms with Crippen LogP contribution in [0.5, 0.6) is 0 Å². The van der Waals surface area contributed by atoms with Crippen molar-refractivity contribution in [2.45, 2.75) is 83.6 Å². The van der Waals surface area contributed by atoms with Gasteiger partial charge in [0, 0.05) is 37.5 Å². The average Bonchev–Trinajstić information content (AvgIpc) is 3.82. The Labute approximate surface area is 227 Å². The van der Waals surface area contributed by atoms with Crippen LogP contribution in [0, 0.1) is 30.1 Å². The maximum Gasteiger partial charge on any atom is 0.222 e. The van der Waals surface area contributed by atoms with Gasteiger partial charge in [0.05, 0.1) is 23.0 Å². The van der Waals surface area contributed by atoms with Crippen LogP contribution in [0.2, 0.25) is 0 Å². The molecule has 1 atom stereocenters. The Morgan fingerprint density at radius 3 is 2.53 bits per heavy atom. The summed E-state index contributed by atoms with van der Waals surface area (Å²) in [6, 6.07) is 2.72. The molecule has 4 fully saturated rings. The maximum absolute atomic E-state index is 13.3. The molecule has 5 rings (SSSR count). The van der Waals surface area contributed by atoms with Gasteiger partial charge in [0.2, 0.25) is 5.91 Å². The Hall–Kier alpha value is -3.20. The van der Waals surface area contributed by atoms with E-state index in [1.54, 1.807) is 6.08 Å². The minimum Gasteiger partial charge on any atom is -0.352 e. The highest BCUT2D eigenvalue weighted by molar-refractivity contribution is 5.82. The first-order chi connectivity index (χ1) is 18.5. The number of amides is 1. The van der Waals surface area contributed by atoms with Gasteiger partial charge in [0.15, 0.2) is 0 Å². The highest BCUT2D eigenvalue weighted by atomic mass is 16.2. The standard InChI is InChI=1S/C32H41N5O/c1-5-23(18-26(6-2)34-4)30-21(3)27(19-33)32(35-31(30)25-13-14-25)36-16-17-37(28(20-36)24-11-12-24)29(38)15-10-22-8-7-9-22/h5-6,18,22,24-25,28H,2,4,7-17,20H2,1,3H3/b23-5+,26-18-/t28-/m0/s1. The fourth-order valence-corrected chi connectivity index (χ4v) is 6.17. The zero-order valence-electron chi connectivity index (χ0n) is 23.1. The summed E-state index contributed by atoms with van der Waals surface area (Å²) in [6.07, 6.45) is 16.0. The number of nitrogens with zero attached hydrogens (tertiary/aromatic N) is 5. The van der Waals surface area contributed by atoms with Crippen molar-refractivity contribution in [1.29, 1.82) is 5.26 Å². The van der Waals surface area contributed by atoms with Gasteiger partial charge < -0.3 is 9.80 Å². The highest BCUT2D eigenvalue weighted by Crippen LogP contribution is 2.46. The highest BCUT2D eigenvalue weighted by Gasteiger charge is 2.42. The SMILES string of the molecule is C=C/C(=C/C(=C\C)c1c(C2CC2)nc(N2CCN(C(=O)CCC3CCC3)[C@H](C3CC3)C2)c(C#N)c1C)N=C. The lowest BCUT2D eigenvalue weighted by atomic mass is 9.82. The number of pyridine rings is 1. The molecule has 4 aliphatic rings. The van der Waals surface area contributed by atoms with Gasteiger partial charge >= 0.3 is 0 Å². The lowest BCUT2D eigenvalue weighted by molar-refractivity contribution is -0.135. The van der Waals surface area contributed by atoms with Gasteiger partial charge in [-0.15, -0.1) is 0 Å². The third-order valence-electron chi connectivity index (χ3n) is 9.02. The van der Waals surface area contributed by atoms with Gasteiger partial charge in [-0.1, -0.05) is 31.9 Å². The van der Waals surface area contributed by atoms with Crippen LogP contribution in [0.25, 0.3) is 5.57 Å². The minimum atomic E-state index is 0.221. The van der Waals surface area contributed by atoms with Crippen molar-refractivity contribution in [1.82, 2.24) is 9.88 Å². The molecule has 0 spiro atoms. The molecule has 0 aromatic carbocycles. The van der Waals surface area contributed by atoms with Gasteiger partial charge in [-0.2, -0.15) is 5.26 Å². The second-order valence-electron chi connectivity index (χ2n) is 11.5. The van der Waals surface area contributed by atoms with Crippen molar-refractivity contribution in [3.05, 3.63) is 52.9 Å². The summed E-state index contributed by atoms with van der Waals surface area (Å²) in [5, 5.41) is 10.3. The van der Waals surface area contributed by atoms with E-state index in [9.17, 15) is 10.1 Å².